The van der Waals surface area contributed by atoms with Gasteiger partial charge in [-0.2, -0.15) is 0 Å². The summed E-state index contributed by atoms with van der Waals surface area (Å²) in [6, 6.07) is 3.36. The fourth-order valence-electron chi connectivity index (χ4n) is 7.19. The van der Waals surface area contributed by atoms with Gasteiger partial charge in [0.2, 0.25) is 0 Å². The highest BCUT2D eigenvalue weighted by atomic mass is 15.3. The van der Waals surface area contributed by atoms with Gasteiger partial charge >= 0.3 is 0 Å². The van der Waals surface area contributed by atoms with Gasteiger partial charge in [0.15, 0.2) is 0 Å². The smallest absolute Gasteiger partial charge is 0.0295 e. The van der Waals surface area contributed by atoms with Crippen molar-refractivity contribution >= 4 is 0 Å². The summed E-state index contributed by atoms with van der Waals surface area (Å²) in [5.74, 6) is 2.92. The molecule has 0 amide bonds. The van der Waals surface area contributed by atoms with Crippen LogP contribution in [0.4, 0.5) is 0 Å². The summed E-state index contributed by atoms with van der Waals surface area (Å²) in [4.78, 5) is 3.03. The van der Waals surface area contributed by atoms with Crippen molar-refractivity contribution in [2.24, 2.45) is 17.8 Å². The highest BCUT2D eigenvalue weighted by Gasteiger charge is 2.53. The third-order valence-corrected chi connectivity index (χ3v) is 8.00. The minimum atomic E-state index is 0.776. The molecule has 0 aromatic rings. The molecule has 7 atom stereocenters. The fraction of sp³-hybridized carbons (Fsp3) is 1.00. The first-order valence-corrected chi connectivity index (χ1v) is 10.6. The first-order valence-electron chi connectivity index (χ1n) is 10.6. The molecule has 1 aliphatic carbocycles. The van der Waals surface area contributed by atoms with Crippen LogP contribution in [0.5, 0.6) is 0 Å². The van der Waals surface area contributed by atoms with Gasteiger partial charge in [-0.05, 0) is 88.8 Å². The molecule has 5 rings (SSSR count). The summed E-state index contributed by atoms with van der Waals surface area (Å²) in [6.45, 7) is 3.92. The van der Waals surface area contributed by atoms with Gasteiger partial charge in [-0.25, -0.2) is 0 Å². The second kappa shape index (κ2) is 6.31. The zero-order valence-electron chi connectivity index (χ0n) is 14.7. The second-order valence-electron chi connectivity index (χ2n) is 9.13. The Bertz CT molecular complexity index is 417. The van der Waals surface area contributed by atoms with Crippen molar-refractivity contribution in [2.45, 2.75) is 88.4 Å². The molecule has 4 heterocycles. The third-order valence-electron chi connectivity index (χ3n) is 8.00. The summed E-state index contributed by atoms with van der Waals surface area (Å²) in [7, 11) is 0. The van der Waals surface area contributed by atoms with Crippen LogP contribution in [0.1, 0.15) is 64.2 Å². The number of fused-ring (bicyclic) bond motifs is 6. The van der Waals surface area contributed by atoms with Crippen LogP contribution >= 0.6 is 0 Å². The van der Waals surface area contributed by atoms with E-state index in [1.807, 2.05) is 0 Å². The van der Waals surface area contributed by atoms with Gasteiger partial charge in [-0.3, -0.25) is 4.90 Å². The average molecular weight is 318 g/mol. The van der Waals surface area contributed by atoms with E-state index in [0.717, 1.165) is 41.9 Å². The molecule has 130 valence electrons. The maximum Gasteiger partial charge on any atom is 0.0295 e. The Morgan fingerprint density at radius 2 is 1.65 bits per heavy atom. The molecule has 4 aliphatic heterocycles. The van der Waals surface area contributed by atoms with Crippen molar-refractivity contribution in [1.82, 2.24) is 15.5 Å². The molecule has 2 N–H and O–H groups in total. The van der Waals surface area contributed by atoms with Crippen molar-refractivity contribution in [3.8, 4) is 0 Å². The van der Waals surface area contributed by atoms with E-state index in [9.17, 15) is 0 Å². The van der Waals surface area contributed by atoms with E-state index < -0.39 is 0 Å². The van der Waals surface area contributed by atoms with Crippen LogP contribution in [0.15, 0.2) is 0 Å². The molecule has 5 aliphatic rings. The Labute approximate surface area is 142 Å². The Balaban J connectivity index is 1.47. The summed E-state index contributed by atoms with van der Waals surface area (Å²) in [5.41, 5.74) is 0. The zero-order valence-corrected chi connectivity index (χ0v) is 14.7. The Kier molecular flexibility index (Phi) is 4.16. The molecule has 23 heavy (non-hydrogen) atoms. The molecular formula is C20H35N3. The fourth-order valence-corrected chi connectivity index (χ4v) is 7.19. The van der Waals surface area contributed by atoms with Crippen LogP contribution in [-0.4, -0.2) is 48.7 Å². The van der Waals surface area contributed by atoms with E-state index in [2.05, 4.69) is 15.5 Å². The lowest BCUT2D eigenvalue weighted by atomic mass is 9.59. The molecule has 0 spiro atoms. The number of hydrogen-bond acceptors (Lipinski definition) is 3. The summed E-state index contributed by atoms with van der Waals surface area (Å²) in [6.07, 6.45) is 14.7. The van der Waals surface area contributed by atoms with Crippen molar-refractivity contribution in [3.05, 3.63) is 0 Å². The van der Waals surface area contributed by atoms with Crippen molar-refractivity contribution in [2.75, 3.05) is 19.6 Å². The lowest BCUT2D eigenvalue weighted by Crippen LogP contribution is -2.70. The minimum absolute atomic E-state index is 0.776. The second-order valence-corrected chi connectivity index (χ2v) is 9.13. The molecule has 0 radical (unpaired) electrons. The number of piperidine rings is 4. The summed E-state index contributed by atoms with van der Waals surface area (Å²) in [5, 5.41) is 7.94. The number of rotatable bonds is 1. The monoisotopic (exact) mass is 317 g/mol. The molecule has 3 nitrogen and oxygen atoms in total. The van der Waals surface area contributed by atoms with Gasteiger partial charge in [0.1, 0.15) is 0 Å². The lowest BCUT2D eigenvalue weighted by Gasteiger charge is -2.61. The molecule has 5 fully saturated rings. The number of hydrogen-bond donors (Lipinski definition) is 2. The predicted molar refractivity (Wildman–Crippen MR) is 94.5 cm³/mol. The van der Waals surface area contributed by atoms with E-state index in [1.165, 1.54) is 83.8 Å². The van der Waals surface area contributed by atoms with Crippen LogP contribution in [-0.2, 0) is 0 Å². The standard InChI is InChI=1S/C20H35N3/c1-3-9-21-17(7-1)20-16-13-15(18-8-2-4-11-23(18)20)12-14-6-5-10-22-19(14)16/h14-22H,1-13H2. The zero-order chi connectivity index (χ0) is 15.2. The molecule has 0 aromatic heterocycles. The van der Waals surface area contributed by atoms with Crippen molar-refractivity contribution < 1.29 is 0 Å². The van der Waals surface area contributed by atoms with Crippen LogP contribution < -0.4 is 10.6 Å². The number of nitrogens with one attached hydrogen (secondary N) is 2. The molecule has 7 unspecified atom stereocenters. The lowest BCUT2D eigenvalue weighted by molar-refractivity contribution is -0.0949. The molecular weight excluding hydrogens is 282 g/mol. The van der Waals surface area contributed by atoms with Crippen molar-refractivity contribution in [1.29, 1.82) is 0 Å². The molecule has 0 aromatic carbocycles. The maximum atomic E-state index is 3.99. The minimum Gasteiger partial charge on any atom is -0.313 e. The predicted octanol–water partition coefficient (Wildman–Crippen LogP) is 2.76. The van der Waals surface area contributed by atoms with Crippen LogP contribution in [0, 0.1) is 17.8 Å². The van der Waals surface area contributed by atoms with Gasteiger partial charge in [0, 0.05) is 24.2 Å². The molecule has 1 saturated carbocycles. The Morgan fingerprint density at radius 1 is 0.739 bits per heavy atom. The van der Waals surface area contributed by atoms with Crippen LogP contribution in [0.25, 0.3) is 0 Å². The number of nitrogens with zero attached hydrogens (tertiary/aromatic N) is 1. The highest BCUT2D eigenvalue weighted by molar-refractivity contribution is 5.09. The van der Waals surface area contributed by atoms with Crippen LogP contribution in [0.2, 0.25) is 0 Å². The first-order chi connectivity index (χ1) is 11.4. The first kappa shape index (κ1) is 15.2. The Hall–Kier alpha value is -0.120. The van der Waals surface area contributed by atoms with Gasteiger partial charge in [0.25, 0.3) is 0 Å². The maximum absolute atomic E-state index is 3.99. The summed E-state index contributed by atoms with van der Waals surface area (Å²) >= 11 is 0. The van der Waals surface area contributed by atoms with Gasteiger partial charge < -0.3 is 10.6 Å². The molecule has 3 heteroatoms. The quantitative estimate of drug-likeness (QED) is 0.779. The molecule has 2 bridgehead atoms. The Morgan fingerprint density at radius 3 is 2.57 bits per heavy atom. The normalized spacial score (nSPS) is 50.9. The van der Waals surface area contributed by atoms with Gasteiger partial charge in [-0.15, -0.1) is 0 Å². The average Bonchev–Trinajstić information content (AvgIpc) is 2.63. The van der Waals surface area contributed by atoms with E-state index in [0.29, 0.717) is 0 Å². The summed E-state index contributed by atoms with van der Waals surface area (Å²) < 4.78 is 0. The van der Waals surface area contributed by atoms with E-state index in [-0.39, 0.29) is 0 Å². The molecule has 4 saturated heterocycles. The van der Waals surface area contributed by atoms with Gasteiger partial charge in [0.05, 0.1) is 0 Å². The van der Waals surface area contributed by atoms with E-state index in [1.54, 1.807) is 0 Å². The highest BCUT2D eigenvalue weighted by Crippen LogP contribution is 2.50. The van der Waals surface area contributed by atoms with Gasteiger partial charge in [-0.1, -0.05) is 12.8 Å². The largest absolute Gasteiger partial charge is 0.313 e. The van der Waals surface area contributed by atoms with Crippen LogP contribution in [0.3, 0.4) is 0 Å². The topological polar surface area (TPSA) is 27.3 Å². The van der Waals surface area contributed by atoms with Crippen molar-refractivity contribution in [3.63, 3.8) is 0 Å². The van der Waals surface area contributed by atoms with E-state index in [4.69, 9.17) is 0 Å². The SMILES string of the molecule is C1CCC(C2C3CC(CC4CCCNC43)C3CCCCN32)NC1. The van der Waals surface area contributed by atoms with E-state index >= 15 is 0 Å². The third kappa shape index (κ3) is 2.58.